The number of nitrogens with two attached hydrogens (primary N) is 1. The minimum absolute atomic E-state index is 0.711. The average molecular weight is 301 g/mol. The summed E-state index contributed by atoms with van der Waals surface area (Å²) in [6, 6.07) is 15.8. The average Bonchev–Trinajstić information content (AvgIpc) is 2.48. The summed E-state index contributed by atoms with van der Waals surface area (Å²) in [5.41, 5.74) is 8.66. The molecule has 0 spiro atoms. The summed E-state index contributed by atoms with van der Waals surface area (Å²) in [5, 5.41) is 1.89. The first-order chi connectivity index (χ1) is 9.75. The lowest BCUT2D eigenvalue weighted by Crippen LogP contribution is -1.91. The minimum atomic E-state index is 0.711. The highest BCUT2D eigenvalue weighted by Gasteiger charge is 2.06. The maximum Gasteiger partial charge on any atom is 0.0942 e. The van der Waals surface area contributed by atoms with Gasteiger partial charge in [0.15, 0.2) is 0 Å². The molecule has 0 fully saturated rings. The Morgan fingerprint density at radius 3 is 2.75 bits per heavy atom. The maximum atomic E-state index is 6.19. The van der Waals surface area contributed by atoms with Gasteiger partial charge < -0.3 is 5.73 Å². The third-order valence-corrected chi connectivity index (χ3v) is 4.59. The van der Waals surface area contributed by atoms with Crippen molar-refractivity contribution < 1.29 is 0 Å². The molecule has 3 aromatic rings. The Labute approximate surface area is 127 Å². The van der Waals surface area contributed by atoms with Crippen LogP contribution < -0.4 is 5.73 Å². The van der Waals surface area contributed by atoms with Gasteiger partial charge >= 0.3 is 0 Å². The van der Waals surface area contributed by atoms with Crippen molar-refractivity contribution in [2.24, 2.45) is 0 Å². The maximum absolute atomic E-state index is 6.19. The van der Waals surface area contributed by atoms with Gasteiger partial charge in [-0.3, -0.25) is 4.98 Å². The van der Waals surface area contributed by atoms with E-state index in [2.05, 4.69) is 4.98 Å². The van der Waals surface area contributed by atoms with Gasteiger partial charge in [-0.05, 0) is 29.8 Å². The zero-order valence-corrected chi connectivity index (χ0v) is 12.3. The summed E-state index contributed by atoms with van der Waals surface area (Å²) in [6.45, 7) is 0. The summed E-state index contributed by atoms with van der Waals surface area (Å²) >= 11 is 7.93. The Balaban J connectivity index is 1.92. The first-order valence-electron chi connectivity index (χ1n) is 6.25. The molecule has 0 saturated carbocycles. The number of hydrogen-bond acceptors (Lipinski definition) is 3. The molecule has 0 atom stereocenters. The van der Waals surface area contributed by atoms with Crippen LogP contribution in [-0.4, -0.2) is 4.98 Å². The molecule has 2 aromatic carbocycles. The molecule has 2 nitrogen and oxygen atoms in total. The van der Waals surface area contributed by atoms with Crippen LogP contribution in [0.5, 0.6) is 0 Å². The number of rotatable bonds is 3. The second-order valence-electron chi connectivity index (χ2n) is 4.43. The number of nitrogen functional groups attached to an aromatic ring is 1. The topological polar surface area (TPSA) is 38.9 Å². The van der Waals surface area contributed by atoms with E-state index in [-0.39, 0.29) is 0 Å². The van der Waals surface area contributed by atoms with Crippen LogP contribution in [-0.2, 0) is 5.75 Å². The fourth-order valence-corrected chi connectivity index (χ4v) is 3.39. The Morgan fingerprint density at radius 1 is 1.05 bits per heavy atom. The smallest absolute Gasteiger partial charge is 0.0942 e. The highest BCUT2D eigenvalue weighted by atomic mass is 35.5. The summed E-state index contributed by atoms with van der Waals surface area (Å²) in [4.78, 5) is 5.52. The van der Waals surface area contributed by atoms with Gasteiger partial charge in [0.05, 0.1) is 11.2 Å². The van der Waals surface area contributed by atoms with Crippen molar-refractivity contribution in [1.29, 1.82) is 0 Å². The fraction of sp³-hybridized carbons (Fsp3) is 0.0625. The molecular weight excluding hydrogens is 288 g/mol. The number of nitrogens with zero attached hydrogens (tertiary/aromatic N) is 1. The number of pyridine rings is 1. The zero-order valence-electron chi connectivity index (χ0n) is 10.7. The third-order valence-electron chi connectivity index (χ3n) is 3.10. The normalized spacial score (nSPS) is 10.8. The minimum Gasteiger partial charge on any atom is -0.397 e. The number of anilines is 1. The SMILES string of the molecule is Nc1ccc(SCc2ccccc2Cl)c2cccnc12. The molecule has 2 N–H and O–H groups in total. The first kappa shape index (κ1) is 13.3. The van der Waals surface area contributed by atoms with Crippen molar-refractivity contribution in [1.82, 2.24) is 4.98 Å². The van der Waals surface area contributed by atoms with Crippen LogP contribution in [0.3, 0.4) is 0 Å². The van der Waals surface area contributed by atoms with Gasteiger partial charge in [0.2, 0.25) is 0 Å². The zero-order chi connectivity index (χ0) is 13.9. The van der Waals surface area contributed by atoms with Crippen molar-refractivity contribution in [3.8, 4) is 0 Å². The molecular formula is C16H13ClN2S. The Hall–Kier alpha value is -1.71. The van der Waals surface area contributed by atoms with Gasteiger partial charge in [-0.15, -0.1) is 11.8 Å². The van der Waals surface area contributed by atoms with Gasteiger partial charge in [0, 0.05) is 27.3 Å². The van der Waals surface area contributed by atoms with Crippen molar-refractivity contribution in [2.45, 2.75) is 10.6 Å². The van der Waals surface area contributed by atoms with E-state index < -0.39 is 0 Å². The molecule has 0 amide bonds. The van der Waals surface area contributed by atoms with E-state index in [4.69, 9.17) is 17.3 Å². The lowest BCUT2D eigenvalue weighted by molar-refractivity contribution is 1.37. The van der Waals surface area contributed by atoms with Crippen LogP contribution in [0, 0.1) is 0 Å². The van der Waals surface area contributed by atoms with Crippen LogP contribution in [0.4, 0.5) is 5.69 Å². The van der Waals surface area contributed by atoms with Crippen LogP contribution in [0.1, 0.15) is 5.56 Å². The molecule has 100 valence electrons. The molecule has 3 rings (SSSR count). The lowest BCUT2D eigenvalue weighted by atomic mass is 10.2. The standard InChI is InChI=1S/C16H13ClN2S/c17-13-6-2-1-4-11(13)10-20-15-8-7-14(18)16-12(15)5-3-9-19-16/h1-9H,10,18H2. The second-order valence-corrected chi connectivity index (χ2v) is 5.86. The van der Waals surface area contributed by atoms with Crippen molar-refractivity contribution in [3.63, 3.8) is 0 Å². The van der Waals surface area contributed by atoms with Crippen LogP contribution in [0.15, 0.2) is 59.6 Å². The van der Waals surface area contributed by atoms with Gasteiger partial charge in [-0.25, -0.2) is 0 Å². The van der Waals surface area contributed by atoms with E-state index >= 15 is 0 Å². The highest BCUT2D eigenvalue weighted by Crippen LogP contribution is 2.33. The quantitative estimate of drug-likeness (QED) is 0.560. The molecule has 0 aliphatic rings. The number of thioether (sulfide) groups is 1. The van der Waals surface area contributed by atoms with Crippen molar-refractivity contribution in [2.75, 3.05) is 5.73 Å². The molecule has 0 aliphatic heterocycles. The van der Waals surface area contributed by atoms with E-state index in [1.807, 2.05) is 48.5 Å². The monoisotopic (exact) mass is 300 g/mol. The molecule has 0 saturated heterocycles. The predicted molar refractivity (Wildman–Crippen MR) is 87.2 cm³/mol. The molecule has 1 heterocycles. The summed E-state index contributed by atoms with van der Waals surface area (Å²) in [7, 11) is 0. The first-order valence-corrected chi connectivity index (χ1v) is 7.61. The van der Waals surface area contributed by atoms with Gasteiger partial charge in [0.1, 0.15) is 0 Å². The Bertz CT molecular complexity index is 758. The second kappa shape index (κ2) is 5.73. The van der Waals surface area contributed by atoms with Gasteiger partial charge in [-0.1, -0.05) is 35.9 Å². The third kappa shape index (κ3) is 2.60. The van der Waals surface area contributed by atoms with E-state index in [9.17, 15) is 0 Å². The molecule has 0 bridgehead atoms. The number of hydrogen-bond donors (Lipinski definition) is 1. The molecule has 1 aromatic heterocycles. The predicted octanol–water partition coefficient (Wildman–Crippen LogP) is 4.76. The molecule has 20 heavy (non-hydrogen) atoms. The van der Waals surface area contributed by atoms with Crippen molar-refractivity contribution >= 4 is 40.0 Å². The van der Waals surface area contributed by atoms with Gasteiger partial charge in [0.25, 0.3) is 0 Å². The molecule has 4 heteroatoms. The van der Waals surface area contributed by atoms with Crippen LogP contribution >= 0.6 is 23.4 Å². The van der Waals surface area contributed by atoms with E-state index in [0.29, 0.717) is 5.69 Å². The molecule has 0 unspecified atom stereocenters. The summed E-state index contributed by atoms with van der Waals surface area (Å²) < 4.78 is 0. The van der Waals surface area contributed by atoms with E-state index in [0.717, 1.165) is 27.2 Å². The number of fused-ring (bicyclic) bond motifs is 1. The number of halogens is 1. The van der Waals surface area contributed by atoms with Crippen LogP contribution in [0.25, 0.3) is 10.9 Å². The number of aromatic nitrogens is 1. The van der Waals surface area contributed by atoms with Crippen LogP contribution in [0.2, 0.25) is 5.02 Å². The van der Waals surface area contributed by atoms with Crippen molar-refractivity contribution in [3.05, 3.63) is 65.3 Å². The van der Waals surface area contributed by atoms with E-state index in [1.54, 1.807) is 18.0 Å². The molecule has 0 radical (unpaired) electrons. The summed E-state index contributed by atoms with van der Waals surface area (Å²) in [5.74, 6) is 0.827. The molecule has 0 aliphatic carbocycles. The van der Waals surface area contributed by atoms with Gasteiger partial charge in [-0.2, -0.15) is 0 Å². The summed E-state index contributed by atoms with van der Waals surface area (Å²) in [6.07, 6.45) is 1.77. The fourth-order valence-electron chi connectivity index (χ4n) is 2.07. The lowest BCUT2D eigenvalue weighted by Gasteiger charge is -2.08. The highest BCUT2D eigenvalue weighted by molar-refractivity contribution is 7.98. The Kier molecular flexibility index (Phi) is 3.81. The largest absolute Gasteiger partial charge is 0.397 e. The Morgan fingerprint density at radius 2 is 1.90 bits per heavy atom. The van der Waals surface area contributed by atoms with E-state index in [1.165, 1.54) is 4.90 Å². The number of benzene rings is 2.